The van der Waals surface area contributed by atoms with Gasteiger partial charge < -0.3 is 10.2 Å². The minimum absolute atomic E-state index is 0.00848. The lowest BCUT2D eigenvalue weighted by Gasteiger charge is -2.35. The van der Waals surface area contributed by atoms with Crippen LogP contribution in [0.3, 0.4) is 0 Å². The van der Waals surface area contributed by atoms with Crippen molar-refractivity contribution in [1.29, 1.82) is 0 Å². The number of nitrogens with one attached hydrogen (secondary N) is 1. The lowest BCUT2D eigenvalue weighted by molar-refractivity contribution is -0.143. The zero-order valence-electron chi connectivity index (χ0n) is 13.3. The highest BCUT2D eigenvalue weighted by molar-refractivity contribution is 7.10. The Labute approximate surface area is 135 Å². The molecule has 0 bridgehead atoms. The van der Waals surface area contributed by atoms with Crippen LogP contribution in [0.5, 0.6) is 0 Å². The average molecular weight is 320 g/mol. The van der Waals surface area contributed by atoms with Crippen molar-refractivity contribution in [1.82, 2.24) is 10.2 Å². The van der Waals surface area contributed by atoms with Crippen LogP contribution in [-0.4, -0.2) is 29.3 Å². The predicted molar refractivity (Wildman–Crippen MR) is 87.5 cm³/mol. The third-order valence-electron chi connectivity index (χ3n) is 4.91. The third-order valence-corrected chi connectivity index (χ3v) is 5.93. The Hall–Kier alpha value is -1.36. The first-order chi connectivity index (χ1) is 10.6. The topological polar surface area (TPSA) is 49.4 Å². The van der Waals surface area contributed by atoms with E-state index in [2.05, 4.69) is 25.2 Å². The van der Waals surface area contributed by atoms with Gasteiger partial charge in [-0.1, -0.05) is 6.92 Å². The highest BCUT2D eigenvalue weighted by Gasteiger charge is 2.44. The molecule has 2 amide bonds. The number of amides is 2. The van der Waals surface area contributed by atoms with Gasteiger partial charge in [-0.15, -0.1) is 11.3 Å². The van der Waals surface area contributed by atoms with E-state index in [1.807, 2.05) is 10.3 Å². The molecule has 2 heterocycles. The molecule has 1 saturated heterocycles. The number of hydrogen-bond acceptors (Lipinski definition) is 3. The number of likely N-dealkylation sites (tertiary alicyclic amines) is 1. The molecule has 1 aliphatic carbocycles. The molecule has 22 heavy (non-hydrogen) atoms. The van der Waals surface area contributed by atoms with E-state index in [1.54, 1.807) is 11.3 Å². The molecule has 1 aromatic rings. The number of carbonyl (C=O) groups excluding carboxylic acids is 2. The van der Waals surface area contributed by atoms with Crippen LogP contribution in [0.15, 0.2) is 11.4 Å². The smallest absolute Gasteiger partial charge is 0.243 e. The van der Waals surface area contributed by atoms with Crippen molar-refractivity contribution in [3.05, 3.63) is 21.9 Å². The van der Waals surface area contributed by atoms with E-state index >= 15 is 0 Å². The molecule has 1 N–H and O–H groups in total. The highest BCUT2D eigenvalue weighted by Crippen LogP contribution is 2.40. The Bertz CT molecular complexity index is 569. The van der Waals surface area contributed by atoms with Crippen LogP contribution in [0, 0.1) is 18.8 Å². The fraction of sp³-hybridized carbons (Fsp3) is 0.647. The summed E-state index contributed by atoms with van der Waals surface area (Å²) in [6.07, 6.45) is 3.82. The van der Waals surface area contributed by atoms with E-state index in [0.717, 1.165) is 32.2 Å². The molecular formula is C17H24N2O2S. The van der Waals surface area contributed by atoms with Crippen molar-refractivity contribution >= 4 is 23.2 Å². The average Bonchev–Trinajstić information content (AvgIpc) is 3.12. The number of hydrogen-bond donors (Lipinski definition) is 1. The highest BCUT2D eigenvalue weighted by atomic mass is 32.1. The van der Waals surface area contributed by atoms with Gasteiger partial charge in [0.05, 0.1) is 6.54 Å². The van der Waals surface area contributed by atoms with Crippen LogP contribution in [0.4, 0.5) is 0 Å². The second-order valence-electron chi connectivity index (χ2n) is 6.61. The molecule has 0 aromatic carbocycles. The summed E-state index contributed by atoms with van der Waals surface area (Å²) >= 11 is 1.67. The molecule has 1 aliphatic heterocycles. The molecule has 0 spiro atoms. The Balaban J connectivity index is 1.61. The second kappa shape index (κ2) is 6.41. The predicted octanol–water partition coefficient (Wildman–Crippen LogP) is 2.71. The van der Waals surface area contributed by atoms with Crippen LogP contribution >= 0.6 is 11.3 Å². The largest absolute Gasteiger partial charge is 0.349 e. The maximum absolute atomic E-state index is 12.5. The van der Waals surface area contributed by atoms with Gasteiger partial charge in [-0.2, -0.15) is 0 Å². The van der Waals surface area contributed by atoms with E-state index in [9.17, 15) is 9.59 Å². The molecule has 1 saturated carbocycles. The first-order valence-electron chi connectivity index (χ1n) is 8.19. The standard InChI is InChI=1S/C17H24N2O2S/c1-11-6-8-22-15(11)10-18-16(20)14-5-3-4-7-19(14)17(21)13-9-12(13)2/h6,8,12-14H,3-5,7,9-10H2,1-2H3,(H,18,20)/t12-,13-,14+/m1/s1. The number of aryl methyl sites for hydroxylation is 1. The van der Waals surface area contributed by atoms with Gasteiger partial charge in [0.15, 0.2) is 0 Å². The molecule has 0 radical (unpaired) electrons. The van der Waals surface area contributed by atoms with Crippen molar-refractivity contribution < 1.29 is 9.59 Å². The molecule has 5 heteroatoms. The van der Waals surface area contributed by atoms with Gasteiger partial charge >= 0.3 is 0 Å². The van der Waals surface area contributed by atoms with Gasteiger partial charge in [0.1, 0.15) is 6.04 Å². The summed E-state index contributed by atoms with van der Waals surface area (Å²) in [5.41, 5.74) is 1.22. The van der Waals surface area contributed by atoms with Crippen LogP contribution in [-0.2, 0) is 16.1 Å². The monoisotopic (exact) mass is 320 g/mol. The Morgan fingerprint density at radius 2 is 2.18 bits per heavy atom. The zero-order chi connectivity index (χ0) is 15.7. The Morgan fingerprint density at radius 3 is 2.82 bits per heavy atom. The summed E-state index contributed by atoms with van der Waals surface area (Å²) in [7, 11) is 0. The van der Waals surface area contributed by atoms with Crippen molar-refractivity contribution in [2.75, 3.05) is 6.54 Å². The summed E-state index contributed by atoms with van der Waals surface area (Å²) in [6.45, 7) is 5.48. The molecule has 2 aliphatic rings. The molecule has 4 nitrogen and oxygen atoms in total. The van der Waals surface area contributed by atoms with Gasteiger partial charge in [-0.25, -0.2) is 0 Å². The minimum atomic E-state index is -0.269. The van der Waals surface area contributed by atoms with E-state index in [-0.39, 0.29) is 23.8 Å². The van der Waals surface area contributed by atoms with E-state index in [4.69, 9.17) is 0 Å². The van der Waals surface area contributed by atoms with Crippen molar-refractivity contribution in [2.45, 2.75) is 52.1 Å². The maximum Gasteiger partial charge on any atom is 0.243 e. The van der Waals surface area contributed by atoms with E-state index in [0.29, 0.717) is 12.5 Å². The number of rotatable bonds is 4. The number of carbonyl (C=O) groups is 2. The number of thiophene rings is 1. The summed E-state index contributed by atoms with van der Waals surface area (Å²) in [6, 6.07) is 1.80. The molecule has 3 rings (SSSR count). The third kappa shape index (κ3) is 3.19. The second-order valence-corrected chi connectivity index (χ2v) is 7.61. The fourth-order valence-electron chi connectivity index (χ4n) is 3.22. The van der Waals surface area contributed by atoms with Crippen LogP contribution in [0.2, 0.25) is 0 Å². The van der Waals surface area contributed by atoms with Gasteiger partial charge in [0, 0.05) is 17.3 Å². The van der Waals surface area contributed by atoms with E-state index in [1.165, 1.54) is 10.4 Å². The van der Waals surface area contributed by atoms with Gasteiger partial charge in [-0.3, -0.25) is 9.59 Å². The molecular weight excluding hydrogens is 296 g/mol. The van der Waals surface area contributed by atoms with Gasteiger partial charge in [0.2, 0.25) is 11.8 Å². The number of piperidine rings is 1. The van der Waals surface area contributed by atoms with Crippen molar-refractivity contribution in [2.24, 2.45) is 11.8 Å². The Kier molecular flexibility index (Phi) is 4.52. The quantitative estimate of drug-likeness (QED) is 0.927. The molecule has 120 valence electrons. The first-order valence-corrected chi connectivity index (χ1v) is 9.07. The Morgan fingerprint density at radius 1 is 1.41 bits per heavy atom. The normalized spacial score (nSPS) is 27.5. The van der Waals surface area contributed by atoms with Crippen LogP contribution in [0.1, 0.15) is 43.0 Å². The lowest BCUT2D eigenvalue weighted by Crippen LogP contribution is -2.52. The zero-order valence-corrected chi connectivity index (χ0v) is 14.1. The summed E-state index contributed by atoms with van der Waals surface area (Å²) < 4.78 is 0. The molecule has 3 atom stereocenters. The van der Waals surface area contributed by atoms with Gasteiger partial charge in [-0.05, 0) is 55.5 Å². The summed E-state index contributed by atoms with van der Waals surface area (Å²) in [4.78, 5) is 28.1. The van der Waals surface area contributed by atoms with Crippen LogP contribution in [0.25, 0.3) is 0 Å². The van der Waals surface area contributed by atoms with Crippen molar-refractivity contribution in [3.63, 3.8) is 0 Å². The van der Waals surface area contributed by atoms with E-state index < -0.39 is 0 Å². The number of nitrogens with zero attached hydrogens (tertiary/aromatic N) is 1. The fourth-order valence-corrected chi connectivity index (χ4v) is 4.06. The molecule has 1 aromatic heterocycles. The minimum Gasteiger partial charge on any atom is -0.349 e. The first kappa shape index (κ1) is 15.5. The molecule has 2 fully saturated rings. The lowest BCUT2D eigenvalue weighted by atomic mass is 10.0. The summed E-state index contributed by atoms with van der Waals surface area (Å²) in [5.74, 6) is 0.855. The SMILES string of the molecule is Cc1ccsc1CNC(=O)[C@@H]1CCCCN1C(=O)[C@@H]1C[C@H]1C. The van der Waals surface area contributed by atoms with Crippen molar-refractivity contribution in [3.8, 4) is 0 Å². The molecule has 0 unspecified atom stereocenters. The van der Waals surface area contributed by atoms with Crippen LogP contribution < -0.4 is 5.32 Å². The maximum atomic E-state index is 12.5. The van der Waals surface area contributed by atoms with Gasteiger partial charge in [0.25, 0.3) is 0 Å². The summed E-state index contributed by atoms with van der Waals surface area (Å²) in [5, 5.41) is 5.07.